The van der Waals surface area contributed by atoms with E-state index >= 15 is 0 Å². The molecule has 5 rings (SSSR count). The van der Waals surface area contributed by atoms with Crippen LogP contribution in [0.3, 0.4) is 0 Å². The van der Waals surface area contributed by atoms with Crippen molar-refractivity contribution in [3.8, 4) is 11.3 Å². The molecule has 186 valence electrons. The number of likely N-dealkylation sites (tertiary alicyclic amines) is 1. The van der Waals surface area contributed by atoms with Gasteiger partial charge in [-0.3, -0.25) is 9.59 Å². The number of rotatable bonds is 7. The SMILES string of the molecule is COCCC(=O)N1CCC(c2nc(-c3ccc(C(=O)Nc4ccccn4)cc3)c3n2C=CNC3N)C1. The average molecular weight is 488 g/mol. The lowest BCUT2D eigenvalue weighted by Crippen LogP contribution is -2.31. The van der Waals surface area contributed by atoms with Crippen molar-refractivity contribution in [2.75, 3.05) is 32.1 Å². The molecule has 1 aromatic carbocycles. The van der Waals surface area contributed by atoms with Gasteiger partial charge in [0.1, 0.15) is 17.8 Å². The van der Waals surface area contributed by atoms with E-state index in [0.29, 0.717) is 37.5 Å². The Labute approximate surface area is 209 Å². The lowest BCUT2D eigenvalue weighted by Gasteiger charge is -2.21. The van der Waals surface area contributed by atoms with Crippen molar-refractivity contribution in [1.29, 1.82) is 0 Å². The van der Waals surface area contributed by atoms with Crippen LogP contribution in [0.15, 0.2) is 54.9 Å². The minimum absolute atomic E-state index is 0.0958. The Hall–Kier alpha value is -4.02. The molecule has 4 N–H and O–H groups in total. The molecule has 10 nitrogen and oxygen atoms in total. The molecule has 2 amide bonds. The van der Waals surface area contributed by atoms with Gasteiger partial charge in [0.15, 0.2) is 0 Å². The molecule has 2 aliphatic rings. The molecule has 4 heterocycles. The smallest absolute Gasteiger partial charge is 0.256 e. The normalized spacial score (nSPS) is 18.6. The Kier molecular flexibility index (Phi) is 6.79. The van der Waals surface area contributed by atoms with Crippen molar-refractivity contribution in [3.05, 3.63) is 71.9 Å². The highest BCUT2D eigenvalue weighted by Gasteiger charge is 2.33. The number of nitrogens with one attached hydrogen (secondary N) is 2. The highest BCUT2D eigenvalue weighted by atomic mass is 16.5. The minimum atomic E-state index is -0.431. The van der Waals surface area contributed by atoms with Gasteiger partial charge in [-0.2, -0.15) is 0 Å². The molecule has 2 unspecified atom stereocenters. The number of methoxy groups -OCH3 is 1. The molecule has 0 spiro atoms. The second-order valence-corrected chi connectivity index (χ2v) is 8.85. The average Bonchev–Trinajstić information content (AvgIpc) is 3.54. The number of fused-ring (bicyclic) bond motifs is 1. The van der Waals surface area contributed by atoms with E-state index in [1.165, 1.54) is 0 Å². The quantitative estimate of drug-likeness (QED) is 0.467. The van der Waals surface area contributed by atoms with Crippen LogP contribution in [0.5, 0.6) is 0 Å². The van der Waals surface area contributed by atoms with Crippen LogP contribution in [0, 0.1) is 0 Å². The van der Waals surface area contributed by atoms with Gasteiger partial charge in [0.2, 0.25) is 5.91 Å². The minimum Gasteiger partial charge on any atom is -0.384 e. The fourth-order valence-corrected chi connectivity index (χ4v) is 4.67. The van der Waals surface area contributed by atoms with Gasteiger partial charge in [0, 0.05) is 55.8 Å². The Bertz CT molecular complexity index is 1270. The van der Waals surface area contributed by atoms with Gasteiger partial charge in [-0.1, -0.05) is 18.2 Å². The maximum Gasteiger partial charge on any atom is 0.256 e. The van der Waals surface area contributed by atoms with E-state index in [1.54, 1.807) is 37.6 Å². The van der Waals surface area contributed by atoms with Gasteiger partial charge in [-0.25, -0.2) is 9.97 Å². The van der Waals surface area contributed by atoms with E-state index in [1.807, 2.05) is 40.1 Å². The fourth-order valence-electron chi connectivity index (χ4n) is 4.67. The number of anilines is 1. The first-order chi connectivity index (χ1) is 17.5. The van der Waals surface area contributed by atoms with Gasteiger partial charge >= 0.3 is 0 Å². The zero-order valence-corrected chi connectivity index (χ0v) is 20.1. The van der Waals surface area contributed by atoms with E-state index in [-0.39, 0.29) is 17.7 Å². The number of hydrogen-bond donors (Lipinski definition) is 3. The Morgan fingerprint density at radius 3 is 2.81 bits per heavy atom. The molecule has 2 atom stereocenters. The number of hydrogen-bond acceptors (Lipinski definition) is 7. The standard InChI is InChI=1S/C26H29N7O3/c1-36-15-10-21(34)32-13-9-19(16-32)25-31-22(23-24(27)29-12-14-33(23)25)17-5-7-18(8-6-17)26(35)30-20-4-2-3-11-28-20/h2-8,11-12,14,19,24,29H,9-10,13,15-16,27H2,1H3,(H,28,30,35). The number of aromatic nitrogens is 3. The molecule has 3 aromatic rings. The van der Waals surface area contributed by atoms with Gasteiger partial charge < -0.3 is 30.6 Å². The number of amides is 2. The van der Waals surface area contributed by atoms with Crippen LogP contribution in [0.25, 0.3) is 17.5 Å². The first-order valence-corrected chi connectivity index (χ1v) is 11.9. The number of ether oxygens (including phenoxy) is 1. The summed E-state index contributed by atoms with van der Waals surface area (Å²) < 4.78 is 7.09. The molecule has 0 saturated carbocycles. The summed E-state index contributed by atoms with van der Waals surface area (Å²) in [6.45, 7) is 1.72. The molecular formula is C26H29N7O3. The number of carbonyl (C=O) groups is 2. The van der Waals surface area contributed by atoms with Gasteiger partial charge in [0.05, 0.1) is 24.4 Å². The van der Waals surface area contributed by atoms with Crippen LogP contribution >= 0.6 is 0 Å². The van der Waals surface area contributed by atoms with E-state index < -0.39 is 6.17 Å². The Balaban J connectivity index is 1.39. The summed E-state index contributed by atoms with van der Waals surface area (Å²) in [7, 11) is 1.60. The molecule has 36 heavy (non-hydrogen) atoms. The largest absolute Gasteiger partial charge is 0.384 e. The number of nitrogens with two attached hydrogens (primary N) is 1. The number of pyridine rings is 1. The summed E-state index contributed by atoms with van der Waals surface area (Å²) in [5, 5.41) is 5.94. The number of nitrogens with zero attached hydrogens (tertiary/aromatic N) is 4. The van der Waals surface area contributed by atoms with Gasteiger partial charge in [0.25, 0.3) is 5.91 Å². The van der Waals surface area contributed by atoms with Crippen LogP contribution < -0.4 is 16.4 Å². The third-order valence-corrected chi connectivity index (χ3v) is 6.52. The predicted molar refractivity (Wildman–Crippen MR) is 136 cm³/mol. The first-order valence-electron chi connectivity index (χ1n) is 11.9. The summed E-state index contributed by atoms with van der Waals surface area (Å²) in [5.41, 5.74) is 9.40. The van der Waals surface area contributed by atoms with E-state index in [9.17, 15) is 9.59 Å². The molecular weight excluding hydrogens is 458 g/mol. The molecule has 2 aromatic heterocycles. The lowest BCUT2D eigenvalue weighted by molar-refractivity contribution is -0.131. The number of imidazole rings is 1. The van der Waals surface area contributed by atoms with E-state index in [4.69, 9.17) is 15.5 Å². The molecule has 2 aliphatic heterocycles. The third-order valence-electron chi connectivity index (χ3n) is 6.52. The van der Waals surface area contributed by atoms with Crippen molar-refractivity contribution in [1.82, 2.24) is 24.8 Å². The molecule has 0 aliphatic carbocycles. The Morgan fingerprint density at radius 2 is 2.06 bits per heavy atom. The van der Waals surface area contributed by atoms with Crippen molar-refractivity contribution < 1.29 is 14.3 Å². The highest BCUT2D eigenvalue weighted by molar-refractivity contribution is 6.04. The van der Waals surface area contributed by atoms with E-state index in [2.05, 4.69) is 15.6 Å². The van der Waals surface area contributed by atoms with Crippen LogP contribution in [0.4, 0.5) is 5.82 Å². The molecule has 10 heteroatoms. The van der Waals surface area contributed by atoms with Crippen molar-refractivity contribution in [2.24, 2.45) is 5.73 Å². The van der Waals surface area contributed by atoms with Crippen LogP contribution in [-0.4, -0.2) is 58.1 Å². The molecule has 0 radical (unpaired) electrons. The highest BCUT2D eigenvalue weighted by Crippen LogP contribution is 2.35. The predicted octanol–water partition coefficient (Wildman–Crippen LogP) is 2.54. The second-order valence-electron chi connectivity index (χ2n) is 8.85. The second kappa shape index (κ2) is 10.3. The zero-order valence-electron chi connectivity index (χ0n) is 20.1. The third kappa shape index (κ3) is 4.73. The van der Waals surface area contributed by atoms with Crippen molar-refractivity contribution in [2.45, 2.75) is 24.9 Å². The molecule has 1 fully saturated rings. The first kappa shape index (κ1) is 23.7. The summed E-state index contributed by atoms with van der Waals surface area (Å²) in [5.74, 6) is 1.33. The topological polar surface area (TPSA) is 127 Å². The zero-order chi connectivity index (χ0) is 25.1. The van der Waals surface area contributed by atoms with Gasteiger partial charge in [-0.05, 0) is 30.7 Å². The monoisotopic (exact) mass is 487 g/mol. The van der Waals surface area contributed by atoms with Gasteiger partial charge in [-0.15, -0.1) is 0 Å². The van der Waals surface area contributed by atoms with Crippen molar-refractivity contribution in [3.63, 3.8) is 0 Å². The van der Waals surface area contributed by atoms with Crippen molar-refractivity contribution >= 4 is 23.8 Å². The van der Waals surface area contributed by atoms with Crippen LogP contribution in [0.2, 0.25) is 0 Å². The number of carbonyl (C=O) groups excluding carboxylic acids is 2. The molecule has 1 saturated heterocycles. The fraction of sp³-hybridized carbons (Fsp3) is 0.308. The number of benzene rings is 1. The summed E-state index contributed by atoms with van der Waals surface area (Å²) >= 11 is 0. The summed E-state index contributed by atoms with van der Waals surface area (Å²) in [6.07, 6.45) is 6.14. The maximum atomic E-state index is 12.6. The van der Waals surface area contributed by atoms with E-state index in [0.717, 1.165) is 29.2 Å². The summed E-state index contributed by atoms with van der Waals surface area (Å²) in [6, 6.07) is 12.6. The van der Waals surface area contributed by atoms with Crippen LogP contribution in [0.1, 0.15) is 46.8 Å². The maximum absolute atomic E-state index is 12.6. The summed E-state index contributed by atoms with van der Waals surface area (Å²) in [4.78, 5) is 36.1. The Morgan fingerprint density at radius 1 is 1.22 bits per heavy atom. The van der Waals surface area contributed by atoms with Crippen LogP contribution in [-0.2, 0) is 9.53 Å². The lowest BCUT2D eigenvalue weighted by atomic mass is 10.1. The molecule has 0 bridgehead atoms.